The lowest BCUT2D eigenvalue weighted by atomic mass is 10.1. The number of hydrogen-bond donors (Lipinski definition) is 0. The van der Waals surface area contributed by atoms with Gasteiger partial charge in [0, 0.05) is 13.0 Å². The summed E-state index contributed by atoms with van der Waals surface area (Å²) < 4.78 is 5.50. The molecular formula is C15H20O3. The molecule has 0 aromatic heterocycles. The van der Waals surface area contributed by atoms with Crippen LogP contribution in [0.25, 0.3) is 0 Å². The number of carbonyl (C=O) groups excluding carboxylic acids is 2. The van der Waals surface area contributed by atoms with Crippen molar-refractivity contribution < 1.29 is 14.3 Å². The van der Waals surface area contributed by atoms with E-state index in [0.717, 1.165) is 18.4 Å². The average molecular weight is 248 g/mol. The molecule has 18 heavy (non-hydrogen) atoms. The minimum atomic E-state index is -0.0553. The molecule has 0 amide bonds. The first kappa shape index (κ1) is 14.6. The Hall–Kier alpha value is -1.48. The summed E-state index contributed by atoms with van der Waals surface area (Å²) in [6.45, 7) is 2.71. The van der Waals surface area contributed by atoms with Gasteiger partial charge < -0.3 is 4.74 Å². The lowest BCUT2D eigenvalue weighted by Gasteiger charge is -2.04. The molecule has 0 N–H and O–H groups in total. The van der Waals surface area contributed by atoms with E-state index in [1.165, 1.54) is 6.92 Å². The molecule has 0 radical (unpaired) electrons. The fourth-order valence-electron chi connectivity index (χ4n) is 1.66. The summed E-state index contributed by atoms with van der Waals surface area (Å²) in [5.74, 6) is -0.0223. The maximum absolute atomic E-state index is 11.2. The highest BCUT2D eigenvalue weighted by Crippen LogP contribution is 2.03. The zero-order valence-electron chi connectivity index (χ0n) is 10.9. The van der Waals surface area contributed by atoms with Gasteiger partial charge in [-0.25, -0.2) is 0 Å². The largest absolute Gasteiger partial charge is 0.377 e. The molecule has 0 atom stereocenters. The molecule has 1 aromatic carbocycles. The third-order valence-electron chi connectivity index (χ3n) is 2.55. The van der Waals surface area contributed by atoms with Crippen molar-refractivity contribution >= 4 is 11.6 Å². The SMILES string of the molecule is CC(=O)CC(=O)CCCCOCc1ccccc1. The summed E-state index contributed by atoms with van der Waals surface area (Å²) in [6, 6.07) is 10.00. The Morgan fingerprint density at radius 3 is 2.50 bits per heavy atom. The van der Waals surface area contributed by atoms with Gasteiger partial charge in [0.2, 0.25) is 0 Å². The fourth-order valence-corrected chi connectivity index (χ4v) is 1.66. The molecule has 0 aliphatic rings. The zero-order chi connectivity index (χ0) is 13.2. The van der Waals surface area contributed by atoms with Crippen LogP contribution in [0, 0.1) is 0 Å². The van der Waals surface area contributed by atoms with Crippen LogP contribution in [0.15, 0.2) is 30.3 Å². The summed E-state index contributed by atoms with van der Waals surface area (Å²) in [4.78, 5) is 21.9. The van der Waals surface area contributed by atoms with Crippen LogP contribution < -0.4 is 0 Å². The van der Waals surface area contributed by atoms with E-state index in [1.807, 2.05) is 30.3 Å². The van der Waals surface area contributed by atoms with E-state index >= 15 is 0 Å². The van der Waals surface area contributed by atoms with E-state index < -0.39 is 0 Å². The Balaban J connectivity index is 1.99. The quantitative estimate of drug-likeness (QED) is 0.498. The van der Waals surface area contributed by atoms with Gasteiger partial charge in [-0.05, 0) is 25.3 Å². The van der Waals surface area contributed by atoms with Crippen LogP contribution in [0.1, 0.15) is 38.2 Å². The molecule has 0 fully saturated rings. The van der Waals surface area contributed by atoms with Crippen molar-refractivity contribution in [1.29, 1.82) is 0 Å². The highest BCUT2D eigenvalue weighted by Gasteiger charge is 2.04. The maximum Gasteiger partial charge on any atom is 0.140 e. The highest BCUT2D eigenvalue weighted by molar-refractivity contribution is 5.97. The van der Waals surface area contributed by atoms with Crippen LogP contribution in [-0.2, 0) is 20.9 Å². The van der Waals surface area contributed by atoms with Gasteiger partial charge in [0.15, 0.2) is 0 Å². The lowest BCUT2D eigenvalue weighted by Crippen LogP contribution is -2.04. The molecule has 98 valence electrons. The van der Waals surface area contributed by atoms with Crippen molar-refractivity contribution in [3.63, 3.8) is 0 Å². The number of rotatable bonds is 9. The maximum atomic E-state index is 11.2. The van der Waals surface area contributed by atoms with Crippen LogP contribution >= 0.6 is 0 Å². The second-order valence-electron chi connectivity index (χ2n) is 4.41. The summed E-state index contributed by atoms with van der Waals surface area (Å²) in [6.07, 6.45) is 2.20. The minimum absolute atomic E-state index is 0.0329. The van der Waals surface area contributed by atoms with Crippen LogP contribution in [0.3, 0.4) is 0 Å². The van der Waals surface area contributed by atoms with Gasteiger partial charge in [-0.15, -0.1) is 0 Å². The second kappa shape index (κ2) is 8.59. The van der Waals surface area contributed by atoms with Gasteiger partial charge >= 0.3 is 0 Å². The number of carbonyl (C=O) groups is 2. The van der Waals surface area contributed by atoms with Crippen molar-refractivity contribution in [2.75, 3.05) is 6.61 Å². The van der Waals surface area contributed by atoms with Crippen LogP contribution in [0.4, 0.5) is 0 Å². The Labute approximate surface area is 108 Å². The number of hydrogen-bond acceptors (Lipinski definition) is 3. The Kier molecular flexibility index (Phi) is 6.96. The Bertz CT molecular complexity index is 371. The third kappa shape index (κ3) is 6.97. The van der Waals surface area contributed by atoms with Crippen molar-refractivity contribution in [2.45, 2.75) is 39.2 Å². The molecular weight excluding hydrogens is 228 g/mol. The molecule has 0 spiro atoms. The van der Waals surface area contributed by atoms with Gasteiger partial charge in [-0.3, -0.25) is 9.59 Å². The summed E-state index contributed by atoms with van der Waals surface area (Å²) in [5, 5.41) is 0. The van der Waals surface area contributed by atoms with Gasteiger partial charge in [0.1, 0.15) is 11.6 Å². The Morgan fingerprint density at radius 1 is 1.11 bits per heavy atom. The first-order valence-electron chi connectivity index (χ1n) is 6.31. The molecule has 1 aromatic rings. The fraction of sp³-hybridized carbons (Fsp3) is 0.467. The average Bonchev–Trinajstić information content (AvgIpc) is 2.34. The molecule has 1 rings (SSSR count). The predicted octanol–water partition coefficient (Wildman–Crippen LogP) is 2.92. The van der Waals surface area contributed by atoms with E-state index in [-0.39, 0.29) is 18.0 Å². The van der Waals surface area contributed by atoms with E-state index in [0.29, 0.717) is 19.6 Å². The number of unbranched alkanes of at least 4 members (excludes halogenated alkanes) is 1. The summed E-state index contributed by atoms with van der Waals surface area (Å²) >= 11 is 0. The summed E-state index contributed by atoms with van der Waals surface area (Å²) in [7, 11) is 0. The zero-order valence-corrected chi connectivity index (χ0v) is 10.9. The number of Topliss-reactive ketones (excluding diaryl/α,β-unsaturated/α-hetero) is 2. The van der Waals surface area contributed by atoms with E-state index in [4.69, 9.17) is 4.74 Å². The third-order valence-corrected chi connectivity index (χ3v) is 2.55. The van der Waals surface area contributed by atoms with Crippen LogP contribution in [-0.4, -0.2) is 18.2 Å². The van der Waals surface area contributed by atoms with Crippen molar-refractivity contribution in [2.24, 2.45) is 0 Å². The van der Waals surface area contributed by atoms with Gasteiger partial charge in [-0.1, -0.05) is 30.3 Å². The van der Waals surface area contributed by atoms with Crippen LogP contribution in [0.5, 0.6) is 0 Å². The second-order valence-corrected chi connectivity index (χ2v) is 4.41. The molecule has 0 saturated carbocycles. The molecule has 0 aliphatic heterocycles. The molecule has 3 heteroatoms. The molecule has 0 saturated heterocycles. The highest BCUT2D eigenvalue weighted by atomic mass is 16.5. The van der Waals surface area contributed by atoms with Crippen LogP contribution in [0.2, 0.25) is 0 Å². The number of ether oxygens (including phenoxy) is 1. The Morgan fingerprint density at radius 2 is 1.83 bits per heavy atom. The smallest absolute Gasteiger partial charge is 0.140 e. The number of benzene rings is 1. The van der Waals surface area contributed by atoms with Gasteiger partial charge in [0.25, 0.3) is 0 Å². The van der Waals surface area contributed by atoms with E-state index in [9.17, 15) is 9.59 Å². The first-order valence-corrected chi connectivity index (χ1v) is 6.31. The molecule has 0 bridgehead atoms. The normalized spacial score (nSPS) is 10.3. The first-order chi connectivity index (χ1) is 8.68. The van der Waals surface area contributed by atoms with Crippen molar-refractivity contribution in [3.8, 4) is 0 Å². The number of ketones is 2. The molecule has 0 unspecified atom stereocenters. The molecule has 3 nitrogen and oxygen atoms in total. The topological polar surface area (TPSA) is 43.4 Å². The minimum Gasteiger partial charge on any atom is -0.377 e. The monoisotopic (exact) mass is 248 g/mol. The molecule has 0 heterocycles. The molecule has 0 aliphatic carbocycles. The summed E-state index contributed by atoms with van der Waals surface area (Å²) in [5.41, 5.74) is 1.16. The van der Waals surface area contributed by atoms with Gasteiger partial charge in [0.05, 0.1) is 13.0 Å². The van der Waals surface area contributed by atoms with E-state index in [1.54, 1.807) is 0 Å². The van der Waals surface area contributed by atoms with Crippen molar-refractivity contribution in [3.05, 3.63) is 35.9 Å². The standard InChI is InChI=1S/C15H20O3/c1-13(16)11-15(17)9-5-6-10-18-12-14-7-3-2-4-8-14/h2-4,7-8H,5-6,9-12H2,1H3. The van der Waals surface area contributed by atoms with Gasteiger partial charge in [-0.2, -0.15) is 0 Å². The predicted molar refractivity (Wildman–Crippen MR) is 70.3 cm³/mol. The lowest BCUT2D eigenvalue weighted by molar-refractivity contribution is -0.125. The van der Waals surface area contributed by atoms with Crippen molar-refractivity contribution in [1.82, 2.24) is 0 Å². The van der Waals surface area contributed by atoms with E-state index in [2.05, 4.69) is 0 Å².